The van der Waals surface area contributed by atoms with Crippen LogP contribution in [0.5, 0.6) is 0 Å². The molecule has 1 N–H and O–H groups in total. The van der Waals surface area contributed by atoms with E-state index in [2.05, 4.69) is 10.4 Å². The van der Waals surface area contributed by atoms with Gasteiger partial charge in [0.2, 0.25) is 5.78 Å². The lowest BCUT2D eigenvalue weighted by atomic mass is 10.3. The van der Waals surface area contributed by atoms with Crippen molar-refractivity contribution in [1.29, 1.82) is 0 Å². The minimum atomic E-state index is -0.00675. The van der Waals surface area contributed by atoms with Gasteiger partial charge in [0, 0.05) is 0 Å². The summed E-state index contributed by atoms with van der Waals surface area (Å²) in [5.74, 6) is 0.378. The molecule has 1 aliphatic heterocycles. The number of anilines is 1. The number of aliphatic imine (C=N–C) groups is 1. The Labute approximate surface area is 111 Å². The molecule has 1 saturated heterocycles. The molecule has 0 amide bonds. The smallest absolute Gasteiger partial charge is 0.220 e. The molecule has 19 heavy (non-hydrogen) atoms. The predicted molar refractivity (Wildman–Crippen MR) is 75.5 cm³/mol. The summed E-state index contributed by atoms with van der Waals surface area (Å²) in [6, 6.07) is 19.2. The number of nitrogens with zero attached hydrogens (tertiary/aromatic N) is 2. The zero-order valence-electron chi connectivity index (χ0n) is 10.3. The predicted octanol–water partition coefficient (Wildman–Crippen LogP) is 2.31. The van der Waals surface area contributed by atoms with Crippen molar-refractivity contribution < 1.29 is 4.79 Å². The highest BCUT2D eigenvalue weighted by molar-refractivity contribution is 6.42. The Morgan fingerprint density at radius 1 is 0.947 bits per heavy atom. The molecule has 2 aromatic carbocycles. The van der Waals surface area contributed by atoms with Gasteiger partial charge in [-0.25, -0.2) is 4.99 Å². The average Bonchev–Trinajstić information content (AvgIpc) is 2.82. The molecule has 0 aromatic heterocycles. The van der Waals surface area contributed by atoms with E-state index in [1.807, 2.05) is 60.7 Å². The van der Waals surface area contributed by atoms with E-state index in [0.29, 0.717) is 12.4 Å². The standard InChI is InChI=1S/C15H13N3O/c19-14-11-18(13-9-5-2-6-10-13)17-15(14)16-12-7-3-1-4-8-12/h1-10H,11H2,(H,16,17). The van der Waals surface area contributed by atoms with Gasteiger partial charge in [-0.3, -0.25) is 15.2 Å². The van der Waals surface area contributed by atoms with Gasteiger partial charge in [0.1, 0.15) is 6.54 Å². The summed E-state index contributed by atoms with van der Waals surface area (Å²) < 4.78 is 0. The normalized spacial score (nSPS) is 16.7. The quantitative estimate of drug-likeness (QED) is 0.890. The molecule has 1 aliphatic rings. The molecule has 4 heteroatoms. The van der Waals surface area contributed by atoms with Gasteiger partial charge in [0.05, 0.1) is 11.4 Å². The summed E-state index contributed by atoms with van der Waals surface area (Å²) in [4.78, 5) is 16.3. The van der Waals surface area contributed by atoms with Crippen molar-refractivity contribution in [2.75, 3.05) is 11.6 Å². The Morgan fingerprint density at radius 3 is 2.26 bits per heavy atom. The molecule has 4 nitrogen and oxygen atoms in total. The topological polar surface area (TPSA) is 44.7 Å². The van der Waals surface area contributed by atoms with Crippen LogP contribution in [0.15, 0.2) is 65.7 Å². The van der Waals surface area contributed by atoms with Gasteiger partial charge in [-0.1, -0.05) is 36.4 Å². The fraction of sp³-hybridized carbons (Fsp3) is 0.0667. The zero-order chi connectivity index (χ0) is 13.1. The van der Waals surface area contributed by atoms with Crippen molar-refractivity contribution >= 4 is 23.0 Å². The Kier molecular flexibility index (Phi) is 2.98. The van der Waals surface area contributed by atoms with E-state index in [1.54, 1.807) is 5.01 Å². The average molecular weight is 251 g/mol. The highest BCUT2D eigenvalue weighted by Crippen LogP contribution is 2.16. The van der Waals surface area contributed by atoms with Gasteiger partial charge in [-0.05, 0) is 24.3 Å². The minimum Gasteiger partial charge on any atom is -0.289 e. The third-order valence-corrected chi connectivity index (χ3v) is 2.87. The molecule has 0 unspecified atom stereocenters. The molecule has 0 radical (unpaired) electrons. The number of nitrogens with one attached hydrogen (secondary N) is 1. The maximum atomic E-state index is 11.9. The molecular formula is C15H13N3O. The number of hydrogen-bond acceptors (Lipinski definition) is 3. The second-order valence-corrected chi connectivity index (χ2v) is 4.25. The number of carbonyl (C=O) groups is 1. The summed E-state index contributed by atoms with van der Waals surface area (Å²) in [6.07, 6.45) is 0. The van der Waals surface area contributed by atoms with E-state index in [1.165, 1.54) is 0 Å². The molecule has 0 atom stereocenters. The SMILES string of the molecule is O=C1CN(c2ccccc2)NC1=Nc1ccccc1. The number of benzene rings is 2. The van der Waals surface area contributed by atoms with E-state index in [4.69, 9.17) is 0 Å². The molecule has 1 heterocycles. The lowest BCUT2D eigenvalue weighted by molar-refractivity contribution is -0.111. The first kappa shape index (κ1) is 11.5. The molecule has 1 fully saturated rings. The Hall–Kier alpha value is -2.62. The summed E-state index contributed by atoms with van der Waals surface area (Å²) in [6.45, 7) is 0.301. The van der Waals surface area contributed by atoms with Crippen LogP contribution in [0.4, 0.5) is 11.4 Å². The van der Waals surface area contributed by atoms with Gasteiger partial charge in [-0.2, -0.15) is 0 Å². The summed E-state index contributed by atoms with van der Waals surface area (Å²) in [7, 11) is 0. The molecule has 0 spiro atoms. The highest BCUT2D eigenvalue weighted by Gasteiger charge is 2.26. The van der Waals surface area contributed by atoms with Gasteiger partial charge in [0.25, 0.3) is 0 Å². The van der Waals surface area contributed by atoms with Crippen LogP contribution in [0.3, 0.4) is 0 Å². The van der Waals surface area contributed by atoms with E-state index < -0.39 is 0 Å². The second-order valence-electron chi connectivity index (χ2n) is 4.25. The first-order chi connectivity index (χ1) is 9.33. The van der Waals surface area contributed by atoms with Crippen LogP contribution >= 0.6 is 0 Å². The van der Waals surface area contributed by atoms with Gasteiger partial charge in [0.15, 0.2) is 5.84 Å². The van der Waals surface area contributed by atoms with Crippen LogP contribution in [-0.4, -0.2) is 18.2 Å². The van der Waals surface area contributed by atoms with Crippen molar-refractivity contribution in [3.05, 3.63) is 60.7 Å². The molecule has 94 valence electrons. The van der Waals surface area contributed by atoms with Crippen LogP contribution in [0.2, 0.25) is 0 Å². The maximum Gasteiger partial charge on any atom is 0.220 e. The number of hydrogen-bond donors (Lipinski definition) is 1. The van der Waals surface area contributed by atoms with Crippen LogP contribution < -0.4 is 10.4 Å². The fourth-order valence-electron chi connectivity index (χ4n) is 1.93. The Balaban J connectivity index is 1.83. The third kappa shape index (κ3) is 2.47. The number of para-hydroxylation sites is 2. The van der Waals surface area contributed by atoms with Gasteiger partial charge >= 0.3 is 0 Å². The van der Waals surface area contributed by atoms with Crippen LogP contribution in [0, 0.1) is 0 Å². The lowest BCUT2D eigenvalue weighted by Gasteiger charge is -2.16. The molecule has 0 bridgehead atoms. The van der Waals surface area contributed by atoms with Gasteiger partial charge in [-0.15, -0.1) is 0 Å². The summed E-state index contributed by atoms with van der Waals surface area (Å²) >= 11 is 0. The monoisotopic (exact) mass is 251 g/mol. The minimum absolute atomic E-state index is 0.00675. The largest absolute Gasteiger partial charge is 0.289 e. The summed E-state index contributed by atoms with van der Waals surface area (Å²) in [5, 5.41) is 1.80. The first-order valence-electron chi connectivity index (χ1n) is 6.09. The number of rotatable bonds is 2. The fourth-order valence-corrected chi connectivity index (χ4v) is 1.93. The number of hydrazine groups is 1. The molecule has 0 saturated carbocycles. The number of Topliss-reactive ketones (excluding diaryl/α,β-unsaturated/α-hetero) is 1. The molecule has 2 aromatic rings. The molecule has 3 rings (SSSR count). The number of ketones is 1. The highest BCUT2D eigenvalue weighted by atomic mass is 16.1. The third-order valence-electron chi connectivity index (χ3n) is 2.87. The van der Waals surface area contributed by atoms with Crippen molar-refractivity contribution in [1.82, 2.24) is 5.43 Å². The van der Waals surface area contributed by atoms with Crippen molar-refractivity contribution in [2.24, 2.45) is 4.99 Å². The van der Waals surface area contributed by atoms with Crippen molar-refractivity contribution in [3.8, 4) is 0 Å². The van der Waals surface area contributed by atoms with Crippen LogP contribution in [0.1, 0.15) is 0 Å². The van der Waals surface area contributed by atoms with E-state index in [9.17, 15) is 4.79 Å². The molecular weight excluding hydrogens is 238 g/mol. The second kappa shape index (κ2) is 4.94. The molecule has 0 aliphatic carbocycles. The van der Waals surface area contributed by atoms with Crippen molar-refractivity contribution in [3.63, 3.8) is 0 Å². The van der Waals surface area contributed by atoms with Gasteiger partial charge < -0.3 is 0 Å². The Bertz CT molecular complexity index is 608. The Morgan fingerprint density at radius 2 is 1.58 bits per heavy atom. The lowest BCUT2D eigenvalue weighted by Crippen LogP contribution is -2.32. The van der Waals surface area contributed by atoms with Crippen LogP contribution in [-0.2, 0) is 4.79 Å². The van der Waals surface area contributed by atoms with E-state index in [0.717, 1.165) is 11.4 Å². The first-order valence-corrected chi connectivity index (χ1v) is 6.09. The number of carbonyl (C=O) groups excluding carboxylic acids is 1. The maximum absolute atomic E-state index is 11.9. The summed E-state index contributed by atoms with van der Waals surface area (Å²) in [5.41, 5.74) is 4.76. The van der Waals surface area contributed by atoms with Crippen LogP contribution in [0.25, 0.3) is 0 Å². The van der Waals surface area contributed by atoms with Crippen molar-refractivity contribution in [2.45, 2.75) is 0 Å². The van der Waals surface area contributed by atoms with E-state index in [-0.39, 0.29) is 5.78 Å². The number of amidine groups is 1. The van der Waals surface area contributed by atoms with E-state index >= 15 is 0 Å². The zero-order valence-corrected chi connectivity index (χ0v) is 10.3.